The molecule has 2 heterocycles. The van der Waals surface area contributed by atoms with Gasteiger partial charge >= 0.3 is 0 Å². The number of amides is 1. The fraction of sp³-hybridized carbons (Fsp3) is 0.241. The quantitative estimate of drug-likeness (QED) is 0.332. The van der Waals surface area contributed by atoms with Gasteiger partial charge in [-0.15, -0.1) is 0 Å². The lowest BCUT2D eigenvalue weighted by atomic mass is 9.97. The minimum atomic E-state index is -0.799. The molecule has 6 nitrogen and oxygen atoms in total. The lowest BCUT2D eigenvalue weighted by Gasteiger charge is -2.26. The summed E-state index contributed by atoms with van der Waals surface area (Å²) in [6, 6.07) is 15.7. The molecule has 1 aliphatic heterocycles. The predicted molar refractivity (Wildman–Crippen MR) is 136 cm³/mol. The minimum Gasteiger partial charge on any atom is -0.493 e. The van der Waals surface area contributed by atoms with Gasteiger partial charge in [-0.3, -0.25) is 14.5 Å². The topological polar surface area (TPSA) is 69.0 Å². The van der Waals surface area contributed by atoms with Gasteiger partial charge in [-0.1, -0.05) is 37.6 Å². The van der Waals surface area contributed by atoms with E-state index in [2.05, 4.69) is 0 Å². The van der Waals surface area contributed by atoms with Crippen molar-refractivity contribution in [3.63, 3.8) is 0 Å². The molecule has 0 spiro atoms. The van der Waals surface area contributed by atoms with Crippen molar-refractivity contribution in [2.24, 2.45) is 5.92 Å². The van der Waals surface area contributed by atoms with Crippen molar-refractivity contribution in [2.45, 2.75) is 26.8 Å². The molecule has 0 N–H and O–H groups in total. The molecular weight excluding hydrogens is 461 g/mol. The third-order valence-corrected chi connectivity index (χ3v) is 6.22. The van der Waals surface area contributed by atoms with E-state index in [9.17, 15) is 14.0 Å². The van der Waals surface area contributed by atoms with Crippen LogP contribution in [0.5, 0.6) is 11.5 Å². The summed E-state index contributed by atoms with van der Waals surface area (Å²) in [7, 11) is 1.54. The number of fused-ring (bicyclic) bond motifs is 2. The zero-order valence-corrected chi connectivity index (χ0v) is 20.5. The number of hydrogen-bond acceptors (Lipinski definition) is 5. The molecule has 0 fully saturated rings. The van der Waals surface area contributed by atoms with Crippen LogP contribution >= 0.6 is 0 Å². The Kier molecular flexibility index (Phi) is 6.00. The number of aryl methyl sites for hydroxylation is 1. The third-order valence-electron chi connectivity index (χ3n) is 6.22. The number of carbonyl (C=O) groups excluding carboxylic acids is 1. The second kappa shape index (κ2) is 9.15. The molecule has 0 saturated heterocycles. The van der Waals surface area contributed by atoms with Crippen molar-refractivity contribution in [3.8, 4) is 11.5 Å². The van der Waals surface area contributed by atoms with Gasteiger partial charge in [-0.25, -0.2) is 4.39 Å². The number of benzene rings is 3. The Morgan fingerprint density at radius 2 is 1.75 bits per heavy atom. The van der Waals surface area contributed by atoms with Crippen LogP contribution in [0.15, 0.2) is 69.9 Å². The van der Waals surface area contributed by atoms with Crippen LogP contribution < -0.4 is 19.8 Å². The molecule has 1 unspecified atom stereocenters. The van der Waals surface area contributed by atoms with Crippen LogP contribution in [0, 0.1) is 18.7 Å². The normalized spacial score (nSPS) is 15.0. The Balaban J connectivity index is 1.73. The largest absolute Gasteiger partial charge is 0.493 e. The Bertz CT molecular complexity index is 1520. The molecule has 0 saturated carbocycles. The first-order valence-electron chi connectivity index (χ1n) is 11.8. The average Bonchev–Trinajstić information content (AvgIpc) is 3.16. The number of methoxy groups -OCH3 is 1. The van der Waals surface area contributed by atoms with Crippen LogP contribution in [0.2, 0.25) is 0 Å². The van der Waals surface area contributed by atoms with E-state index < -0.39 is 23.2 Å². The van der Waals surface area contributed by atoms with E-state index in [4.69, 9.17) is 13.9 Å². The van der Waals surface area contributed by atoms with Gasteiger partial charge in [0.2, 0.25) is 5.76 Å². The highest BCUT2D eigenvalue weighted by atomic mass is 19.1. The molecule has 1 amide bonds. The highest BCUT2D eigenvalue weighted by Gasteiger charge is 2.44. The maximum atomic E-state index is 14.0. The van der Waals surface area contributed by atoms with Gasteiger partial charge < -0.3 is 13.9 Å². The van der Waals surface area contributed by atoms with E-state index in [0.29, 0.717) is 35.3 Å². The summed E-state index contributed by atoms with van der Waals surface area (Å²) in [4.78, 5) is 28.9. The predicted octanol–water partition coefficient (Wildman–Crippen LogP) is 6.03. The standard InChI is InChI=1S/C29H26FNO5/c1-16(2)15-35-23-11-7-18(13-24(23)34-4)26-25-27(32)21-14-19(30)8-12-22(21)36-28(25)29(33)31(26)20-9-5-17(3)6-10-20/h5-14,16,26H,15H2,1-4H3. The summed E-state index contributed by atoms with van der Waals surface area (Å²) < 4.78 is 31.4. The van der Waals surface area contributed by atoms with E-state index in [1.54, 1.807) is 12.1 Å². The molecule has 3 aromatic carbocycles. The summed E-state index contributed by atoms with van der Waals surface area (Å²) in [5.41, 5.74) is 2.15. The number of anilines is 1. The van der Waals surface area contributed by atoms with E-state index in [-0.39, 0.29) is 22.3 Å². The maximum absolute atomic E-state index is 14.0. The smallest absolute Gasteiger partial charge is 0.295 e. The summed E-state index contributed by atoms with van der Waals surface area (Å²) in [5, 5.41) is 0.0844. The zero-order valence-electron chi connectivity index (χ0n) is 20.5. The molecule has 4 aromatic rings. The van der Waals surface area contributed by atoms with Gasteiger partial charge in [-0.2, -0.15) is 0 Å². The maximum Gasteiger partial charge on any atom is 0.295 e. The molecule has 184 valence electrons. The molecule has 1 aromatic heterocycles. The Labute approximate surface area is 207 Å². The van der Waals surface area contributed by atoms with E-state index in [1.165, 1.54) is 24.1 Å². The highest BCUT2D eigenvalue weighted by Crippen LogP contribution is 2.43. The number of carbonyl (C=O) groups is 1. The number of halogens is 1. The van der Waals surface area contributed by atoms with Crippen LogP contribution in [-0.4, -0.2) is 19.6 Å². The molecule has 1 aliphatic rings. The SMILES string of the molecule is COc1cc(C2c3c(oc4ccc(F)cc4c3=O)C(=O)N2c2ccc(C)cc2)ccc1OCC(C)C. The number of nitrogens with zero attached hydrogens (tertiary/aromatic N) is 1. The molecule has 0 radical (unpaired) electrons. The summed E-state index contributed by atoms with van der Waals surface area (Å²) in [6.07, 6.45) is 0. The second-order valence-corrected chi connectivity index (χ2v) is 9.34. The van der Waals surface area contributed by atoms with Gasteiger partial charge in [0, 0.05) is 5.69 Å². The Morgan fingerprint density at radius 3 is 2.44 bits per heavy atom. The number of rotatable bonds is 6. The Morgan fingerprint density at radius 1 is 1.00 bits per heavy atom. The first kappa shape index (κ1) is 23.6. The second-order valence-electron chi connectivity index (χ2n) is 9.34. The van der Waals surface area contributed by atoms with Crippen LogP contribution in [0.25, 0.3) is 11.0 Å². The fourth-order valence-electron chi connectivity index (χ4n) is 4.46. The monoisotopic (exact) mass is 487 g/mol. The lowest BCUT2D eigenvalue weighted by Crippen LogP contribution is -2.29. The van der Waals surface area contributed by atoms with Gasteiger partial charge in [-0.05, 0) is 60.9 Å². The summed E-state index contributed by atoms with van der Waals surface area (Å²) in [5.74, 6) is 0.316. The van der Waals surface area contributed by atoms with Gasteiger partial charge in [0.05, 0.1) is 30.7 Å². The van der Waals surface area contributed by atoms with Crippen molar-refractivity contribution in [2.75, 3.05) is 18.6 Å². The highest BCUT2D eigenvalue weighted by molar-refractivity contribution is 6.10. The van der Waals surface area contributed by atoms with Crippen molar-refractivity contribution < 1.29 is 23.1 Å². The van der Waals surface area contributed by atoms with Crippen molar-refractivity contribution >= 4 is 22.6 Å². The molecule has 5 rings (SSSR count). The van der Waals surface area contributed by atoms with Crippen LogP contribution in [0.4, 0.5) is 10.1 Å². The van der Waals surface area contributed by atoms with Gasteiger partial charge in [0.1, 0.15) is 11.4 Å². The van der Waals surface area contributed by atoms with E-state index in [0.717, 1.165) is 11.6 Å². The summed E-state index contributed by atoms with van der Waals surface area (Å²) >= 11 is 0. The molecular formula is C29H26FNO5. The van der Waals surface area contributed by atoms with Crippen molar-refractivity contribution in [3.05, 3.63) is 99.2 Å². The van der Waals surface area contributed by atoms with Crippen LogP contribution in [0.3, 0.4) is 0 Å². The number of hydrogen-bond donors (Lipinski definition) is 0. The van der Waals surface area contributed by atoms with Crippen molar-refractivity contribution in [1.82, 2.24) is 0 Å². The summed E-state index contributed by atoms with van der Waals surface area (Å²) in [6.45, 7) is 6.56. The molecule has 0 aliphatic carbocycles. The van der Waals surface area contributed by atoms with Crippen molar-refractivity contribution in [1.29, 1.82) is 0 Å². The third kappa shape index (κ3) is 4.00. The van der Waals surface area contributed by atoms with Gasteiger partial charge in [0.15, 0.2) is 16.9 Å². The number of ether oxygens (including phenoxy) is 2. The van der Waals surface area contributed by atoms with Gasteiger partial charge in [0.25, 0.3) is 5.91 Å². The minimum absolute atomic E-state index is 0.0521. The Hall–Kier alpha value is -4.13. The lowest BCUT2D eigenvalue weighted by molar-refractivity contribution is 0.0971. The van der Waals surface area contributed by atoms with Crippen LogP contribution in [0.1, 0.15) is 47.1 Å². The molecule has 36 heavy (non-hydrogen) atoms. The zero-order chi connectivity index (χ0) is 25.6. The first-order valence-corrected chi connectivity index (χ1v) is 11.8. The van der Waals surface area contributed by atoms with E-state index >= 15 is 0 Å². The molecule has 7 heteroatoms. The average molecular weight is 488 g/mol. The first-order chi connectivity index (χ1) is 17.3. The molecule has 0 bridgehead atoms. The fourth-order valence-corrected chi connectivity index (χ4v) is 4.46. The van der Waals surface area contributed by atoms with Crippen LogP contribution in [-0.2, 0) is 0 Å². The molecule has 1 atom stereocenters. The van der Waals surface area contributed by atoms with E-state index in [1.807, 2.05) is 51.1 Å².